The number of amides is 1. The van der Waals surface area contributed by atoms with Crippen molar-refractivity contribution in [2.75, 3.05) is 4.90 Å². The third-order valence-corrected chi connectivity index (χ3v) is 5.52. The van der Waals surface area contributed by atoms with E-state index in [0.717, 1.165) is 22.3 Å². The van der Waals surface area contributed by atoms with Crippen LogP contribution in [0.4, 0.5) is 5.82 Å². The normalized spacial score (nSPS) is 17.9. The fraction of sp³-hybridized carbons (Fsp3) is 0.200. The molecule has 0 radical (unpaired) electrons. The molecule has 0 spiro atoms. The molecule has 0 bridgehead atoms. The number of rotatable bonds is 3. The number of aliphatic hydroxyl groups excluding tert-OH is 1. The van der Waals surface area contributed by atoms with E-state index in [4.69, 9.17) is 0 Å². The van der Waals surface area contributed by atoms with Gasteiger partial charge in [0.1, 0.15) is 5.76 Å². The average Bonchev–Trinajstić information content (AvgIpc) is 2.99. The molecule has 1 atom stereocenters. The fourth-order valence-electron chi connectivity index (χ4n) is 3.88. The number of aryl methyl sites for hydroxylation is 4. The standard InChI is InChI=1S/C25H23N3O3/c1-14-5-9-18(10-6-14)23(29)21-22(19-11-7-15(2)13-16(19)3)28(25(31)24(21)30)20-12-8-17(4)26-27-20/h5-13,22,29H,1-4H3/b23-21-. The molecule has 1 aromatic heterocycles. The Hall–Kier alpha value is -3.80. The minimum absolute atomic E-state index is 0.0446. The summed E-state index contributed by atoms with van der Waals surface area (Å²) >= 11 is 0. The summed E-state index contributed by atoms with van der Waals surface area (Å²) in [6.45, 7) is 7.64. The summed E-state index contributed by atoms with van der Waals surface area (Å²) < 4.78 is 0. The Labute approximate surface area is 180 Å². The summed E-state index contributed by atoms with van der Waals surface area (Å²) in [5.74, 6) is -1.42. The molecule has 2 heterocycles. The molecule has 3 aromatic rings. The van der Waals surface area contributed by atoms with E-state index >= 15 is 0 Å². The zero-order valence-corrected chi connectivity index (χ0v) is 17.9. The molecule has 1 amide bonds. The van der Waals surface area contributed by atoms with Gasteiger partial charge in [0.15, 0.2) is 5.82 Å². The predicted octanol–water partition coefficient (Wildman–Crippen LogP) is 4.34. The first-order valence-electron chi connectivity index (χ1n) is 10.0. The lowest BCUT2D eigenvalue weighted by molar-refractivity contribution is -0.132. The number of aromatic nitrogens is 2. The van der Waals surface area contributed by atoms with Crippen molar-refractivity contribution >= 4 is 23.3 Å². The molecule has 1 aliphatic rings. The number of Topliss-reactive ketones (excluding diaryl/α,β-unsaturated/α-hetero) is 1. The quantitative estimate of drug-likeness (QED) is 0.392. The maximum atomic E-state index is 13.1. The number of benzene rings is 2. The van der Waals surface area contributed by atoms with Crippen LogP contribution in [0.3, 0.4) is 0 Å². The first-order chi connectivity index (χ1) is 14.8. The third kappa shape index (κ3) is 3.61. The molecule has 31 heavy (non-hydrogen) atoms. The van der Waals surface area contributed by atoms with Crippen molar-refractivity contribution in [1.29, 1.82) is 0 Å². The van der Waals surface area contributed by atoms with Gasteiger partial charge >= 0.3 is 5.91 Å². The Morgan fingerprint density at radius 1 is 0.871 bits per heavy atom. The van der Waals surface area contributed by atoms with Gasteiger partial charge in [-0.3, -0.25) is 14.5 Å². The lowest BCUT2D eigenvalue weighted by Gasteiger charge is -2.25. The number of ketones is 1. The Kier molecular flexibility index (Phi) is 5.15. The summed E-state index contributed by atoms with van der Waals surface area (Å²) in [6.07, 6.45) is 0. The lowest BCUT2D eigenvalue weighted by Crippen LogP contribution is -2.30. The molecular weight excluding hydrogens is 390 g/mol. The minimum atomic E-state index is -0.807. The average molecular weight is 413 g/mol. The molecule has 2 aromatic carbocycles. The number of carbonyl (C=O) groups excluding carboxylic acids is 2. The Morgan fingerprint density at radius 2 is 1.55 bits per heavy atom. The maximum Gasteiger partial charge on any atom is 0.301 e. The summed E-state index contributed by atoms with van der Waals surface area (Å²) in [5, 5.41) is 19.3. The molecule has 0 aliphatic carbocycles. The van der Waals surface area contributed by atoms with Crippen LogP contribution in [0.2, 0.25) is 0 Å². The molecule has 6 nitrogen and oxygen atoms in total. The lowest BCUT2D eigenvalue weighted by atomic mass is 9.91. The maximum absolute atomic E-state index is 13.1. The molecule has 156 valence electrons. The van der Waals surface area contributed by atoms with Crippen LogP contribution in [0, 0.1) is 27.7 Å². The minimum Gasteiger partial charge on any atom is -0.507 e. The zero-order chi connectivity index (χ0) is 22.3. The smallest absolute Gasteiger partial charge is 0.301 e. The molecule has 1 unspecified atom stereocenters. The van der Waals surface area contributed by atoms with Crippen molar-refractivity contribution in [1.82, 2.24) is 10.2 Å². The monoisotopic (exact) mass is 413 g/mol. The van der Waals surface area contributed by atoms with Crippen LogP contribution in [0.25, 0.3) is 5.76 Å². The van der Waals surface area contributed by atoms with Crippen LogP contribution in [-0.4, -0.2) is 27.0 Å². The van der Waals surface area contributed by atoms with E-state index in [1.807, 2.05) is 51.1 Å². The molecule has 6 heteroatoms. The second kappa shape index (κ2) is 7.80. The van der Waals surface area contributed by atoms with Gasteiger partial charge in [0.05, 0.1) is 17.3 Å². The number of hydrogen-bond acceptors (Lipinski definition) is 5. The van der Waals surface area contributed by atoms with Gasteiger partial charge in [-0.05, 0) is 51.0 Å². The van der Waals surface area contributed by atoms with E-state index in [1.165, 1.54) is 4.90 Å². The highest BCUT2D eigenvalue weighted by atomic mass is 16.3. The van der Waals surface area contributed by atoms with E-state index in [9.17, 15) is 14.7 Å². The highest BCUT2D eigenvalue weighted by molar-refractivity contribution is 6.51. The van der Waals surface area contributed by atoms with Gasteiger partial charge in [-0.25, -0.2) is 0 Å². The van der Waals surface area contributed by atoms with Crippen LogP contribution < -0.4 is 4.90 Å². The summed E-state index contributed by atoms with van der Waals surface area (Å²) in [5.41, 5.74) is 4.97. The molecule has 4 rings (SSSR count). The Balaban J connectivity index is 1.97. The number of aliphatic hydroxyl groups is 1. The Morgan fingerprint density at radius 3 is 2.16 bits per heavy atom. The Bertz CT molecular complexity index is 1210. The fourth-order valence-corrected chi connectivity index (χ4v) is 3.88. The van der Waals surface area contributed by atoms with Crippen molar-refractivity contribution in [2.24, 2.45) is 0 Å². The van der Waals surface area contributed by atoms with Gasteiger partial charge in [0, 0.05) is 5.56 Å². The predicted molar refractivity (Wildman–Crippen MR) is 119 cm³/mol. The number of anilines is 1. The number of hydrogen-bond donors (Lipinski definition) is 1. The van der Waals surface area contributed by atoms with Crippen molar-refractivity contribution in [3.63, 3.8) is 0 Å². The highest BCUT2D eigenvalue weighted by Gasteiger charge is 2.48. The van der Waals surface area contributed by atoms with Crippen LogP contribution >= 0.6 is 0 Å². The topological polar surface area (TPSA) is 83.4 Å². The number of carbonyl (C=O) groups is 2. The van der Waals surface area contributed by atoms with Gasteiger partial charge in [-0.15, -0.1) is 5.10 Å². The van der Waals surface area contributed by atoms with Gasteiger partial charge in [0.25, 0.3) is 5.78 Å². The van der Waals surface area contributed by atoms with Crippen LogP contribution in [0.1, 0.15) is 39.6 Å². The summed E-state index contributed by atoms with van der Waals surface area (Å²) in [4.78, 5) is 27.6. The van der Waals surface area contributed by atoms with Gasteiger partial charge in [0.2, 0.25) is 0 Å². The SMILES string of the molecule is Cc1ccc(/C(O)=C2/C(=O)C(=O)N(c3ccc(C)nn3)C2c2ccc(C)cc2C)cc1. The van der Waals surface area contributed by atoms with E-state index in [0.29, 0.717) is 11.3 Å². The van der Waals surface area contributed by atoms with Crippen LogP contribution in [0.5, 0.6) is 0 Å². The molecule has 1 aliphatic heterocycles. The van der Waals surface area contributed by atoms with Crippen molar-refractivity contribution in [3.8, 4) is 0 Å². The van der Waals surface area contributed by atoms with Gasteiger partial charge in [-0.1, -0.05) is 53.6 Å². The van der Waals surface area contributed by atoms with E-state index < -0.39 is 17.7 Å². The number of nitrogens with zero attached hydrogens (tertiary/aromatic N) is 3. The first-order valence-corrected chi connectivity index (χ1v) is 10.0. The molecule has 1 saturated heterocycles. The van der Waals surface area contributed by atoms with Gasteiger partial charge in [-0.2, -0.15) is 5.10 Å². The zero-order valence-electron chi connectivity index (χ0n) is 17.9. The largest absolute Gasteiger partial charge is 0.507 e. The van der Waals surface area contributed by atoms with E-state index in [1.54, 1.807) is 31.2 Å². The van der Waals surface area contributed by atoms with Crippen molar-refractivity contribution in [3.05, 3.63) is 93.7 Å². The second-order valence-electron chi connectivity index (χ2n) is 7.93. The summed E-state index contributed by atoms with van der Waals surface area (Å²) in [7, 11) is 0. The highest BCUT2D eigenvalue weighted by Crippen LogP contribution is 2.42. The second-order valence-corrected chi connectivity index (χ2v) is 7.93. The van der Waals surface area contributed by atoms with Crippen molar-refractivity contribution < 1.29 is 14.7 Å². The van der Waals surface area contributed by atoms with Gasteiger partial charge < -0.3 is 5.11 Å². The molecule has 0 saturated carbocycles. The molecule has 1 fully saturated rings. The van der Waals surface area contributed by atoms with Crippen molar-refractivity contribution in [2.45, 2.75) is 33.7 Å². The third-order valence-electron chi connectivity index (χ3n) is 5.52. The first kappa shape index (κ1) is 20.5. The summed E-state index contributed by atoms with van der Waals surface area (Å²) in [6, 6.07) is 15.6. The van der Waals surface area contributed by atoms with Crippen LogP contribution in [0.15, 0.2) is 60.2 Å². The van der Waals surface area contributed by atoms with E-state index in [-0.39, 0.29) is 17.2 Å². The van der Waals surface area contributed by atoms with E-state index in [2.05, 4.69) is 10.2 Å². The molecular formula is C25H23N3O3. The molecule has 1 N–H and O–H groups in total. The van der Waals surface area contributed by atoms with Crippen LogP contribution in [-0.2, 0) is 9.59 Å².